The van der Waals surface area contributed by atoms with Crippen LogP contribution in [0.5, 0.6) is 0 Å². The Labute approximate surface area is 63.2 Å². The van der Waals surface area contributed by atoms with Crippen LogP contribution in [0, 0.1) is 0 Å². The quantitative estimate of drug-likeness (QED) is 0.560. The largest absolute Gasteiger partial charge is 0.344 e. The molecule has 0 rings (SSSR count). The van der Waals surface area contributed by atoms with Crippen LogP contribution in [-0.2, 0) is 9.84 Å². The van der Waals surface area contributed by atoms with Crippen LogP contribution >= 0.6 is 0 Å². The fraction of sp³-hybridized carbons (Fsp3) is 1.00. The highest BCUT2D eigenvalue weighted by atomic mass is 16.6. The second-order valence-electron chi connectivity index (χ2n) is 3.45. The summed E-state index contributed by atoms with van der Waals surface area (Å²) in [5, 5.41) is 10.9. The van der Waals surface area contributed by atoms with Gasteiger partial charge in [-0.3, -0.25) is 0 Å². The maximum Gasteiger partial charge on any atom is 0.191 e. The minimum absolute atomic E-state index is 0.290. The van der Waals surface area contributed by atoms with Crippen molar-refractivity contribution >= 4 is 0 Å². The molecule has 0 fully saturated rings. The Hall–Kier alpha value is -0.0800. The van der Waals surface area contributed by atoms with Crippen molar-refractivity contribution < 1.29 is 9.84 Å². The summed E-state index contributed by atoms with van der Waals surface area (Å²) < 4.78 is 5.12. The average molecular weight is 145 g/mol. The third kappa shape index (κ3) is 6.05. The first-order chi connectivity index (χ1) is 4.45. The van der Waals surface area contributed by atoms with Crippen LogP contribution in [0.3, 0.4) is 0 Å². The monoisotopic (exact) mass is 145 g/mol. The Bertz CT molecular complexity index is 83.7. The fourth-order valence-corrected chi connectivity index (χ4v) is 0.689. The van der Waals surface area contributed by atoms with E-state index in [1.54, 1.807) is 0 Å². The SMILES string of the molecule is CCCC([O])OC(C)(C)C. The van der Waals surface area contributed by atoms with Crippen molar-refractivity contribution in [1.29, 1.82) is 0 Å². The van der Waals surface area contributed by atoms with Crippen LogP contribution in [0.2, 0.25) is 0 Å². The molecule has 0 saturated heterocycles. The smallest absolute Gasteiger partial charge is 0.191 e. The first-order valence-electron chi connectivity index (χ1n) is 3.79. The highest BCUT2D eigenvalue weighted by molar-refractivity contribution is 4.59. The second-order valence-corrected chi connectivity index (χ2v) is 3.45. The van der Waals surface area contributed by atoms with Gasteiger partial charge >= 0.3 is 0 Å². The molecular formula is C8H17O2. The summed E-state index contributed by atoms with van der Waals surface area (Å²) in [5.74, 6) is 0. The molecule has 0 aromatic rings. The molecule has 0 amide bonds. The van der Waals surface area contributed by atoms with Gasteiger partial charge in [0, 0.05) is 6.42 Å². The molecule has 0 saturated carbocycles. The van der Waals surface area contributed by atoms with Gasteiger partial charge in [0.05, 0.1) is 5.60 Å². The van der Waals surface area contributed by atoms with E-state index in [0.29, 0.717) is 6.42 Å². The van der Waals surface area contributed by atoms with E-state index in [0.717, 1.165) is 6.42 Å². The zero-order valence-corrected chi connectivity index (χ0v) is 7.31. The maximum atomic E-state index is 10.9. The Kier molecular flexibility index (Phi) is 3.91. The maximum absolute atomic E-state index is 10.9. The molecule has 0 aromatic heterocycles. The van der Waals surface area contributed by atoms with Gasteiger partial charge in [0.15, 0.2) is 6.29 Å². The van der Waals surface area contributed by atoms with Gasteiger partial charge in [-0.25, -0.2) is 5.11 Å². The second kappa shape index (κ2) is 3.94. The molecule has 2 nitrogen and oxygen atoms in total. The summed E-state index contributed by atoms with van der Waals surface area (Å²) in [6.45, 7) is 7.67. The van der Waals surface area contributed by atoms with Gasteiger partial charge in [-0.2, -0.15) is 0 Å². The average Bonchev–Trinajstić information content (AvgIpc) is 1.59. The molecule has 1 unspecified atom stereocenters. The van der Waals surface area contributed by atoms with Gasteiger partial charge in [-0.1, -0.05) is 13.3 Å². The van der Waals surface area contributed by atoms with Crippen LogP contribution in [0.4, 0.5) is 0 Å². The van der Waals surface area contributed by atoms with Gasteiger partial charge < -0.3 is 4.74 Å². The highest BCUT2D eigenvalue weighted by Crippen LogP contribution is 2.12. The summed E-state index contributed by atoms with van der Waals surface area (Å²) in [5.41, 5.74) is -0.290. The minimum atomic E-state index is -0.843. The predicted octanol–water partition coefficient (Wildman–Crippen LogP) is 2.36. The van der Waals surface area contributed by atoms with Gasteiger partial charge in [0.25, 0.3) is 0 Å². The molecule has 0 aliphatic heterocycles. The van der Waals surface area contributed by atoms with Gasteiger partial charge in [0.2, 0.25) is 0 Å². The van der Waals surface area contributed by atoms with Crippen molar-refractivity contribution in [2.75, 3.05) is 0 Å². The lowest BCUT2D eigenvalue weighted by atomic mass is 10.2. The van der Waals surface area contributed by atoms with Gasteiger partial charge in [-0.15, -0.1) is 0 Å². The highest BCUT2D eigenvalue weighted by Gasteiger charge is 2.16. The van der Waals surface area contributed by atoms with Crippen LogP contribution in [0.15, 0.2) is 0 Å². The van der Waals surface area contributed by atoms with Crippen molar-refractivity contribution in [2.24, 2.45) is 0 Å². The zero-order chi connectivity index (χ0) is 8.20. The molecule has 0 aliphatic carbocycles. The Morgan fingerprint density at radius 2 is 1.90 bits per heavy atom. The molecule has 0 bridgehead atoms. The molecule has 0 N–H and O–H groups in total. The zero-order valence-electron chi connectivity index (χ0n) is 7.31. The van der Waals surface area contributed by atoms with Crippen molar-refractivity contribution in [3.05, 3.63) is 0 Å². The van der Waals surface area contributed by atoms with Crippen molar-refractivity contribution in [3.8, 4) is 0 Å². The van der Waals surface area contributed by atoms with Crippen molar-refractivity contribution in [2.45, 2.75) is 52.4 Å². The molecule has 0 aromatic carbocycles. The molecule has 0 spiro atoms. The number of hydrogen-bond donors (Lipinski definition) is 0. The van der Waals surface area contributed by atoms with Crippen LogP contribution in [0.1, 0.15) is 40.5 Å². The van der Waals surface area contributed by atoms with E-state index in [2.05, 4.69) is 0 Å². The summed E-state index contributed by atoms with van der Waals surface area (Å²) in [6.07, 6.45) is 0.659. The van der Waals surface area contributed by atoms with Crippen LogP contribution in [-0.4, -0.2) is 11.9 Å². The van der Waals surface area contributed by atoms with Gasteiger partial charge in [-0.05, 0) is 20.8 Å². The first-order valence-corrected chi connectivity index (χ1v) is 3.79. The van der Waals surface area contributed by atoms with Crippen LogP contribution < -0.4 is 0 Å². The lowest BCUT2D eigenvalue weighted by Gasteiger charge is -2.22. The van der Waals surface area contributed by atoms with Crippen LogP contribution in [0.25, 0.3) is 0 Å². The van der Waals surface area contributed by atoms with E-state index in [1.807, 2.05) is 27.7 Å². The minimum Gasteiger partial charge on any atom is -0.344 e. The van der Waals surface area contributed by atoms with E-state index in [-0.39, 0.29) is 5.60 Å². The molecule has 2 heteroatoms. The number of rotatable bonds is 3. The lowest BCUT2D eigenvalue weighted by Crippen LogP contribution is -2.26. The van der Waals surface area contributed by atoms with E-state index in [4.69, 9.17) is 4.74 Å². The Morgan fingerprint density at radius 1 is 1.40 bits per heavy atom. The van der Waals surface area contributed by atoms with E-state index in [9.17, 15) is 5.11 Å². The summed E-state index contributed by atoms with van der Waals surface area (Å²) in [4.78, 5) is 0. The molecule has 0 aliphatic rings. The molecule has 1 radical (unpaired) electrons. The topological polar surface area (TPSA) is 29.1 Å². The third-order valence-corrected chi connectivity index (χ3v) is 1.01. The number of hydrogen-bond acceptors (Lipinski definition) is 1. The van der Waals surface area contributed by atoms with E-state index >= 15 is 0 Å². The molecule has 10 heavy (non-hydrogen) atoms. The van der Waals surface area contributed by atoms with Gasteiger partial charge in [0.1, 0.15) is 0 Å². The van der Waals surface area contributed by atoms with E-state index in [1.165, 1.54) is 0 Å². The Balaban J connectivity index is 3.47. The lowest BCUT2D eigenvalue weighted by molar-refractivity contribution is -0.198. The molecular weight excluding hydrogens is 128 g/mol. The summed E-state index contributed by atoms with van der Waals surface area (Å²) in [6, 6.07) is 0. The van der Waals surface area contributed by atoms with E-state index < -0.39 is 6.29 Å². The van der Waals surface area contributed by atoms with Crippen molar-refractivity contribution in [3.63, 3.8) is 0 Å². The summed E-state index contributed by atoms with van der Waals surface area (Å²) >= 11 is 0. The standard InChI is InChI=1S/C8H17O2/c1-5-6-7(9)10-8(2,3)4/h7H,5-6H2,1-4H3. The molecule has 1 atom stereocenters. The normalized spacial score (nSPS) is 15.3. The summed E-state index contributed by atoms with van der Waals surface area (Å²) in [7, 11) is 0. The third-order valence-electron chi connectivity index (χ3n) is 1.01. The van der Waals surface area contributed by atoms with Crippen molar-refractivity contribution in [1.82, 2.24) is 0 Å². The number of ether oxygens (including phenoxy) is 1. The first kappa shape index (κ1) is 9.92. The Morgan fingerprint density at radius 3 is 2.20 bits per heavy atom. The fourth-order valence-electron chi connectivity index (χ4n) is 0.689. The molecule has 0 heterocycles. The predicted molar refractivity (Wildman–Crippen MR) is 40.2 cm³/mol. The molecule has 61 valence electrons.